The van der Waals surface area contributed by atoms with Crippen molar-refractivity contribution in [2.45, 2.75) is 33.1 Å². The van der Waals surface area contributed by atoms with Gasteiger partial charge in [-0.3, -0.25) is 4.79 Å². The van der Waals surface area contributed by atoms with Crippen LogP contribution < -0.4 is 5.43 Å². The Morgan fingerprint density at radius 3 is 2.60 bits per heavy atom. The van der Waals surface area contributed by atoms with Gasteiger partial charge in [0, 0.05) is 0 Å². The quantitative estimate of drug-likeness (QED) is 0.658. The van der Waals surface area contributed by atoms with Gasteiger partial charge < -0.3 is 0 Å². The van der Waals surface area contributed by atoms with E-state index in [1.807, 2.05) is 13.0 Å². The number of carbonyl (C=O) groups excluding carboxylic acids is 1. The summed E-state index contributed by atoms with van der Waals surface area (Å²) in [4.78, 5) is 11.0. The maximum absolute atomic E-state index is 11.0. The molecule has 0 atom stereocenters. The Bertz CT molecular complexity index is 548. The number of rotatable bonds is 5. The van der Waals surface area contributed by atoms with E-state index < -0.39 is 5.91 Å². The Morgan fingerprint density at radius 1 is 1.40 bits per heavy atom. The van der Waals surface area contributed by atoms with Gasteiger partial charge in [-0.15, -0.1) is 0 Å². The minimum atomic E-state index is -0.405. The molecule has 20 heavy (non-hydrogen) atoms. The van der Waals surface area contributed by atoms with Crippen LogP contribution in [0.3, 0.4) is 0 Å². The van der Waals surface area contributed by atoms with Crippen LogP contribution in [-0.4, -0.2) is 12.1 Å². The van der Waals surface area contributed by atoms with E-state index in [4.69, 9.17) is 5.26 Å². The molecule has 104 valence electrons. The summed E-state index contributed by atoms with van der Waals surface area (Å²) < 4.78 is 0. The van der Waals surface area contributed by atoms with E-state index in [2.05, 4.69) is 48.6 Å². The maximum atomic E-state index is 11.0. The Kier molecular flexibility index (Phi) is 6.18. The highest BCUT2D eigenvalue weighted by atomic mass is 16.2. The zero-order valence-corrected chi connectivity index (χ0v) is 12.1. The van der Waals surface area contributed by atoms with Gasteiger partial charge >= 0.3 is 0 Å². The third-order valence-electron chi connectivity index (χ3n) is 2.69. The summed E-state index contributed by atoms with van der Waals surface area (Å²) in [6.07, 6.45) is 3.35. The summed E-state index contributed by atoms with van der Waals surface area (Å²) in [5.74, 6) is 0.115. The number of amides is 1. The van der Waals surface area contributed by atoms with Gasteiger partial charge in [0.05, 0.1) is 12.3 Å². The summed E-state index contributed by atoms with van der Waals surface area (Å²) in [6.45, 7) is 6.22. The average molecular weight is 269 g/mol. The van der Waals surface area contributed by atoms with Crippen LogP contribution in [0.25, 0.3) is 6.08 Å². The van der Waals surface area contributed by atoms with Gasteiger partial charge in [0.1, 0.15) is 6.42 Å². The molecule has 0 unspecified atom stereocenters. The predicted octanol–water partition coefficient (Wildman–Crippen LogP) is 3.23. The largest absolute Gasteiger partial charge is 0.272 e. The van der Waals surface area contributed by atoms with E-state index in [-0.39, 0.29) is 6.42 Å². The lowest BCUT2D eigenvalue weighted by Crippen LogP contribution is -2.16. The molecule has 0 saturated heterocycles. The molecule has 1 N–H and O–H groups in total. The van der Waals surface area contributed by atoms with Crippen molar-refractivity contribution >= 4 is 18.2 Å². The molecule has 0 spiro atoms. The molecule has 0 aliphatic heterocycles. The van der Waals surface area contributed by atoms with Crippen LogP contribution in [-0.2, 0) is 4.79 Å². The molecule has 4 heteroatoms. The first-order valence-electron chi connectivity index (χ1n) is 6.50. The highest BCUT2D eigenvalue weighted by Gasteiger charge is 1.98. The molecule has 0 aliphatic carbocycles. The second kappa shape index (κ2) is 7.90. The van der Waals surface area contributed by atoms with Crippen LogP contribution in [0.1, 0.15) is 44.2 Å². The van der Waals surface area contributed by atoms with Crippen LogP contribution in [0.2, 0.25) is 0 Å². The predicted molar refractivity (Wildman–Crippen MR) is 81.0 cm³/mol. The maximum Gasteiger partial charge on any atom is 0.254 e. The van der Waals surface area contributed by atoms with Crippen molar-refractivity contribution in [3.05, 3.63) is 41.0 Å². The minimum Gasteiger partial charge on any atom is -0.272 e. The third-order valence-corrected chi connectivity index (χ3v) is 2.69. The fourth-order valence-corrected chi connectivity index (χ4v) is 1.59. The Labute approximate surface area is 119 Å². The number of benzene rings is 1. The number of nitrogens with zero attached hydrogens (tertiary/aromatic N) is 2. The highest BCUT2D eigenvalue weighted by molar-refractivity contribution is 5.86. The van der Waals surface area contributed by atoms with E-state index >= 15 is 0 Å². The van der Waals surface area contributed by atoms with Gasteiger partial charge in [-0.2, -0.15) is 10.4 Å². The summed E-state index contributed by atoms with van der Waals surface area (Å²) >= 11 is 0. The molecule has 0 radical (unpaired) electrons. The normalized spacial score (nSPS) is 11.7. The first-order chi connectivity index (χ1) is 9.52. The van der Waals surface area contributed by atoms with Crippen LogP contribution in [0, 0.1) is 11.3 Å². The van der Waals surface area contributed by atoms with Crippen LogP contribution in [0.15, 0.2) is 34.9 Å². The Balaban J connectivity index is 2.62. The zero-order valence-electron chi connectivity index (χ0n) is 12.1. The summed E-state index contributed by atoms with van der Waals surface area (Å²) in [7, 11) is 0. The van der Waals surface area contributed by atoms with E-state index in [0.717, 1.165) is 11.1 Å². The summed E-state index contributed by atoms with van der Waals surface area (Å²) in [5, 5.41) is 12.1. The van der Waals surface area contributed by atoms with Gasteiger partial charge in [0.25, 0.3) is 5.91 Å². The monoisotopic (exact) mass is 269 g/mol. The molecule has 1 rings (SSSR count). The van der Waals surface area contributed by atoms with Gasteiger partial charge in [-0.1, -0.05) is 44.2 Å². The van der Waals surface area contributed by atoms with Crippen molar-refractivity contribution in [3.63, 3.8) is 0 Å². The SMILES string of the molecule is CC(/C=N\NC(=O)CC#N)=C/c1ccc(C(C)C)cc1. The first-order valence-corrected chi connectivity index (χ1v) is 6.50. The van der Waals surface area contributed by atoms with Crippen molar-refractivity contribution in [1.29, 1.82) is 5.26 Å². The van der Waals surface area contributed by atoms with Crippen molar-refractivity contribution in [1.82, 2.24) is 5.43 Å². The zero-order chi connectivity index (χ0) is 15.0. The summed E-state index contributed by atoms with van der Waals surface area (Å²) in [5.41, 5.74) is 5.60. The molecular formula is C16H19N3O. The van der Waals surface area contributed by atoms with E-state index in [1.165, 1.54) is 5.56 Å². The summed E-state index contributed by atoms with van der Waals surface area (Å²) in [6, 6.07) is 10.1. The highest BCUT2D eigenvalue weighted by Crippen LogP contribution is 2.15. The second-order valence-electron chi connectivity index (χ2n) is 4.84. The molecule has 0 bridgehead atoms. The molecule has 0 aliphatic rings. The number of nitriles is 1. The number of hydrogen-bond acceptors (Lipinski definition) is 3. The van der Waals surface area contributed by atoms with Gasteiger partial charge in [-0.25, -0.2) is 5.43 Å². The van der Waals surface area contributed by atoms with Gasteiger partial charge in [0.2, 0.25) is 0 Å². The van der Waals surface area contributed by atoms with E-state index in [0.29, 0.717) is 5.92 Å². The molecule has 1 amide bonds. The van der Waals surface area contributed by atoms with Crippen molar-refractivity contribution in [2.75, 3.05) is 0 Å². The molecule has 1 aromatic rings. The molecule has 1 aromatic carbocycles. The third kappa shape index (κ3) is 5.49. The number of carbonyl (C=O) groups is 1. The number of hydrazone groups is 1. The van der Waals surface area contributed by atoms with Gasteiger partial charge in [-0.05, 0) is 29.5 Å². The van der Waals surface area contributed by atoms with Crippen LogP contribution in [0.4, 0.5) is 0 Å². The molecule has 0 saturated carbocycles. The Hall–Kier alpha value is -2.41. The fraction of sp³-hybridized carbons (Fsp3) is 0.312. The average Bonchev–Trinajstić information content (AvgIpc) is 2.39. The number of nitrogens with one attached hydrogen (secondary N) is 1. The second-order valence-corrected chi connectivity index (χ2v) is 4.84. The van der Waals surface area contributed by atoms with Gasteiger partial charge in [0.15, 0.2) is 0 Å². The fourth-order valence-electron chi connectivity index (χ4n) is 1.59. The smallest absolute Gasteiger partial charge is 0.254 e. The van der Waals surface area contributed by atoms with Crippen molar-refractivity contribution in [2.24, 2.45) is 5.10 Å². The molecular weight excluding hydrogens is 250 g/mol. The van der Waals surface area contributed by atoms with E-state index in [9.17, 15) is 4.79 Å². The lowest BCUT2D eigenvalue weighted by atomic mass is 10.0. The number of allylic oxidation sites excluding steroid dienone is 1. The van der Waals surface area contributed by atoms with Crippen LogP contribution in [0.5, 0.6) is 0 Å². The lowest BCUT2D eigenvalue weighted by molar-refractivity contribution is -0.120. The molecule has 0 aromatic heterocycles. The standard InChI is InChI=1S/C16H19N3O/c1-12(2)15-6-4-14(5-7-15)10-13(3)11-18-19-16(20)8-9-17/h4-7,10-12H,8H2,1-3H3,(H,19,20)/b13-10-,18-11-. The van der Waals surface area contributed by atoms with Crippen molar-refractivity contribution < 1.29 is 4.79 Å². The lowest BCUT2D eigenvalue weighted by Gasteiger charge is -2.04. The van der Waals surface area contributed by atoms with E-state index in [1.54, 1.807) is 12.3 Å². The Morgan fingerprint density at radius 2 is 2.05 bits per heavy atom. The molecule has 0 fully saturated rings. The number of hydrogen-bond donors (Lipinski definition) is 1. The van der Waals surface area contributed by atoms with Crippen LogP contribution >= 0.6 is 0 Å². The van der Waals surface area contributed by atoms with Crippen molar-refractivity contribution in [3.8, 4) is 6.07 Å². The minimum absolute atomic E-state index is 0.184. The molecule has 0 heterocycles. The first kappa shape index (κ1) is 15.6. The molecule has 4 nitrogen and oxygen atoms in total. The topological polar surface area (TPSA) is 65.2 Å².